The third-order valence-corrected chi connectivity index (χ3v) is 3.54. The molecule has 108 valence electrons. The molecule has 1 atom stereocenters. The molecule has 0 fully saturated rings. The number of esters is 1. The zero-order chi connectivity index (χ0) is 15.1. The van der Waals surface area contributed by atoms with Crippen LogP contribution in [0.3, 0.4) is 0 Å². The molecule has 2 aliphatic heterocycles. The molecular weight excluding hydrogens is 302 g/mol. The minimum absolute atomic E-state index is 0.0201. The van der Waals surface area contributed by atoms with E-state index in [1.807, 2.05) is 0 Å². The highest BCUT2D eigenvalue weighted by Crippen LogP contribution is 2.34. The Balaban J connectivity index is 2.09. The number of amides is 2. The van der Waals surface area contributed by atoms with Gasteiger partial charge in [-0.2, -0.15) is 0 Å². The number of carbonyl (C=O) groups is 2. The van der Waals surface area contributed by atoms with E-state index in [4.69, 9.17) is 16.3 Å². The number of benzene rings is 1. The molecule has 0 aliphatic carbocycles. The van der Waals surface area contributed by atoms with Crippen LogP contribution in [-0.2, 0) is 9.53 Å². The van der Waals surface area contributed by atoms with Gasteiger partial charge in [0.2, 0.25) is 0 Å². The molecule has 0 radical (unpaired) electrons. The number of nitrogens with one attached hydrogen (secondary N) is 2. The second-order valence-corrected chi connectivity index (χ2v) is 4.87. The molecule has 0 aromatic heterocycles. The van der Waals surface area contributed by atoms with Crippen molar-refractivity contribution >= 4 is 29.3 Å². The number of nitro benzene ring substituents is 1. The van der Waals surface area contributed by atoms with Crippen molar-refractivity contribution in [2.45, 2.75) is 6.04 Å². The Morgan fingerprint density at radius 2 is 2.14 bits per heavy atom. The zero-order valence-corrected chi connectivity index (χ0v) is 11.1. The van der Waals surface area contributed by atoms with Gasteiger partial charge in [-0.1, -0.05) is 17.7 Å². The fraction of sp³-hybridized carbons (Fsp3) is 0.167. The molecule has 0 bridgehead atoms. The summed E-state index contributed by atoms with van der Waals surface area (Å²) >= 11 is 5.75. The number of carbonyl (C=O) groups excluding carboxylic acids is 2. The van der Waals surface area contributed by atoms with E-state index in [1.54, 1.807) is 0 Å². The standard InChI is InChI=1S/C12H8ClN3O5/c13-6-2-1-5(3-8(6)16(19)20)10-9-7(4-21-11(9)17)14-12(18)15-10/h1-3,10H,4H2,(H2,14,15,18). The molecule has 3 rings (SSSR count). The van der Waals surface area contributed by atoms with Crippen molar-refractivity contribution in [3.05, 3.63) is 50.2 Å². The van der Waals surface area contributed by atoms with Crippen LogP contribution in [0.2, 0.25) is 5.02 Å². The molecule has 1 unspecified atom stereocenters. The number of nitrogens with zero attached hydrogens (tertiary/aromatic N) is 1. The van der Waals surface area contributed by atoms with Crippen molar-refractivity contribution in [2.75, 3.05) is 6.61 Å². The first kappa shape index (κ1) is 13.4. The van der Waals surface area contributed by atoms with E-state index in [-0.39, 0.29) is 22.9 Å². The second-order valence-electron chi connectivity index (χ2n) is 4.47. The quantitative estimate of drug-likeness (QED) is 0.487. The Kier molecular flexibility index (Phi) is 3.02. The number of nitro groups is 1. The van der Waals surface area contributed by atoms with E-state index in [0.717, 1.165) is 0 Å². The van der Waals surface area contributed by atoms with Crippen LogP contribution in [0.1, 0.15) is 11.6 Å². The van der Waals surface area contributed by atoms with Gasteiger partial charge in [0.1, 0.15) is 11.6 Å². The summed E-state index contributed by atoms with van der Waals surface area (Å²) in [7, 11) is 0. The molecule has 2 N–H and O–H groups in total. The van der Waals surface area contributed by atoms with Crippen molar-refractivity contribution < 1.29 is 19.2 Å². The number of ether oxygens (including phenoxy) is 1. The Bertz CT molecular complexity index is 715. The predicted octanol–water partition coefficient (Wildman–Crippen LogP) is 1.41. The largest absolute Gasteiger partial charge is 0.456 e. The molecule has 2 amide bonds. The van der Waals surface area contributed by atoms with Crippen LogP contribution in [-0.4, -0.2) is 23.5 Å². The van der Waals surface area contributed by atoms with Gasteiger partial charge in [0, 0.05) is 6.07 Å². The van der Waals surface area contributed by atoms with Crippen molar-refractivity contribution in [3.63, 3.8) is 0 Å². The van der Waals surface area contributed by atoms with Gasteiger partial charge in [0.15, 0.2) is 0 Å². The van der Waals surface area contributed by atoms with Crippen molar-refractivity contribution in [3.8, 4) is 0 Å². The Morgan fingerprint density at radius 1 is 1.38 bits per heavy atom. The van der Waals surface area contributed by atoms with Gasteiger partial charge in [-0.3, -0.25) is 10.1 Å². The summed E-state index contributed by atoms with van der Waals surface area (Å²) in [6, 6.07) is 2.79. The topological polar surface area (TPSA) is 111 Å². The molecule has 21 heavy (non-hydrogen) atoms. The monoisotopic (exact) mass is 309 g/mol. The summed E-state index contributed by atoms with van der Waals surface area (Å²) in [5.74, 6) is -0.569. The number of rotatable bonds is 2. The highest BCUT2D eigenvalue weighted by atomic mass is 35.5. The van der Waals surface area contributed by atoms with Crippen LogP contribution in [0.5, 0.6) is 0 Å². The van der Waals surface area contributed by atoms with Crippen LogP contribution in [0.15, 0.2) is 29.5 Å². The lowest BCUT2D eigenvalue weighted by atomic mass is 9.96. The van der Waals surface area contributed by atoms with E-state index < -0.39 is 23.0 Å². The molecule has 0 spiro atoms. The molecule has 2 heterocycles. The van der Waals surface area contributed by atoms with Gasteiger partial charge in [0.05, 0.1) is 22.2 Å². The lowest BCUT2D eigenvalue weighted by Gasteiger charge is -2.24. The minimum Gasteiger partial charge on any atom is -0.456 e. The van der Waals surface area contributed by atoms with Crippen LogP contribution in [0.25, 0.3) is 0 Å². The number of cyclic esters (lactones) is 1. The Labute approximate surface area is 122 Å². The number of halogens is 1. The summed E-state index contributed by atoms with van der Waals surface area (Å²) in [6.07, 6.45) is 0. The van der Waals surface area contributed by atoms with Crippen molar-refractivity contribution in [2.24, 2.45) is 0 Å². The molecule has 9 heteroatoms. The number of hydrogen-bond donors (Lipinski definition) is 2. The summed E-state index contributed by atoms with van der Waals surface area (Å²) in [5, 5.41) is 15.9. The molecule has 2 aliphatic rings. The van der Waals surface area contributed by atoms with Gasteiger partial charge in [-0.05, 0) is 11.6 Å². The first-order valence-electron chi connectivity index (χ1n) is 5.89. The molecule has 0 saturated heterocycles. The van der Waals surface area contributed by atoms with E-state index in [2.05, 4.69) is 10.6 Å². The van der Waals surface area contributed by atoms with E-state index in [9.17, 15) is 19.7 Å². The van der Waals surface area contributed by atoms with Gasteiger partial charge < -0.3 is 15.4 Å². The van der Waals surface area contributed by atoms with E-state index >= 15 is 0 Å². The average Bonchev–Trinajstić information content (AvgIpc) is 2.79. The smallest absolute Gasteiger partial charge is 0.338 e. The van der Waals surface area contributed by atoms with Crippen LogP contribution in [0, 0.1) is 10.1 Å². The van der Waals surface area contributed by atoms with Crippen LogP contribution >= 0.6 is 11.6 Å². The van der Waals surface area contributed by atoms with E-state index in [1.165, 1.54) is 18.2 Å². The lowest BCUT2D eigenvalue weighted by Crippen LogP contribution is -2.44. The SMILES string of the molecule is O=C1NC2=C(C(=O)OC2)C(c2ccc(Cl)c([N+](=O)[O-])c2)N1. The van der Waals surface area contributed by atoms with E-state index in [0.29, 0.717) is 11.3 Å². The fourth-order valence-electron chi connectivity index (χ4n) is 2.29. The number of urea groups is 1. The van der Waals surface area contributed by atoms with Gasteiger partial charge in [0.25, 0.3) is 5.69 Å². The average molecular weight is 310 g/mol. The Morgan fingerprint density at radius 3 is 2.86 bits per heavy atom. The maximum absolute atomic E-state index is 11.8. The molecule has 1 aromatic rings. The first-order chi connectivity index (χ1) is 9.97. The summed E-state index contributed by atoms with van der Waals surface area (Å²) in [4.78, 5) is 33.7. The first-order valence-corrected chi connectivity index (χ1v) is 6.26. The third-order valence-electron chi connectivity index (χ3n) is 3.22. The third kappa shape index (κ3) is 2.19. The minimum atomic E-state index is -0.806. The van der Waals surface area contributed by atoms with Gasteiger partial charge in [-0.15, -0.1) is 0 Å². The lowest BCUT2D eigenvalue weighted by molar-refractivity contribution is -0.384. The van der Waals surface area contributed by atoms with Crippen LogP contribution < -0.4 is 10.6 Å². The summed E-state index contributed by atoms with van der Waals surface area (Å²) < 4.78 is 4.87. The van der Waals surface area contributed by atoms with Gasteiger partial charge in [-0.25, -0.2) is 9.59 Å². The van der Waals surface area contributed by atoms with Crippen molar-refractivity contribution in [1.29, 1.82) is 0 Å². The molecule has 8 nitrogen and oxygen atoms in total. The highest BCUT2D eigenvalue weighted by molar-refractivity contribution is 6.32. The molecule has 1 aromatic carbocycles. The predicted molar refractivity (Wildman–Crippen MR) is 70.5 cm³/mol. The van der Waals surface area contributed by atoms with Gasteiger partial charge >= 0.3 is 12.0 Å². The highest BCUT2D eigenvalue weighted by Gasteiger charge is 2.38. The maximum Gasteiger partial charge on any atom is 0.338 e. The fourth-order valence-corrected chi connectivity index (χ4v) is 2.47. The summed E-state index contributed by atoms with van der Waals surface area (Å²) in [5.41, 5.74) is 0.695. The van der Waals surface area contributed by atoms with Crippen LogP contribution in [0.4, 0.5) is 10.5 Å². The molecule has 0 saturated carbocycles. The maximum atomic E-state index is 11.8. The zero-order valence-electron chi connectivity index (χ0n) is 10.4. The normalized spacial score (nSPS) is 20.5. The Hall–Kier alpha value is -2.61. The molecular formula is C12H8ClN3O5. The van der Waals surface area contributed by atoms with Crippen molar-refractivity contribution in [1.82, 2.24) is 10.6 Å². The number of hydrogen-bond acceptors (Lipinski definition) is 5. The second kappa shape index (κ2) is 4.74. The summed E-state index contributed by atoms with van der Waals surface area (Å²) in [6.45, 7) is -0.0201.